The van der Waals surface area contributed by atoms with Crippen molar-refractivity contribution in [2.75, 3.05) is 0 Å². The van der Waals surface area contributed by atoms with Gasteiger partial charge in [0, 0.05) is 0 Å². The maximum Gasteiger partial charge on any atom is 1.00 e. The van der Waals surface area contributed by atoms with Crippen LogP contribution in [0.15, 0.2) is 4.99 Å². The van der Waals surface area contributed by atoms with Crippen LogP contribution in [0.25, 0.3) is 0 Å². The Morgan fingerprint density at radius 2 is 2.17 bits per heavy atom. The Morgan fingerprint density at radius 1 is 1.56 bits per heavy atom. The molecule has 94 valence electrons. The smallest absolute Gasteiger partial charge is 0.861 e. The topological polar surface area (TPSA) is 64.5 Å². The molecule has 1 aliphatic heterocycles. The van der Waals surface area contributed by atoms with Crippen molar-refractivity contribution in [3.63, 3.8) is 0 Å². The molecule has 1 spiro atoms. The van der Waals surface area contributed by atoms with E-state index in [2.05, 4.69) is 17.2 Å². The van der Waals surface area contributed by atoms with E-state index in [1.807, 2.05) is 13.8 Å². The summed E-state index contributed by atoms with van der Waals surface area (Å²) < 4.78 is 0. The molecule has 1 aliphatic carbocycles. The average Bonchev–Trinajstić information content (AvgIpc) is 2.49. The fraction of sp³-hybridized carbons (Fsp3) is 0.750. The van der Waals surface area contributed by atoms with Crippen molar-refractivity contribution in [1.82, 2.24) is 5.32 Å². The largest absolute Gasteiger partial charge is 1.00 e. The second-order valence-corrected chi connectivity index (χ2v) is 5.53. The molecule has 0 bridgehead atoms. The summed E-state index contributed by atoms with van der Waals surface area (Å²) in [4.78, 5) is 16.0. The van der Waals surface area contributed by atoms with Crippen LogP contribution in [0, 0.1) is 23.2 Å². The van der Waals surface area contributed by atoms with Crippen LogP contribution in [-0.2, 0) is 4.79 Å². The van der Waals surface area contributed by atoms with E-state index in [0.29, 0.717) is 5.92 Å². The van der Waals surface area contributed by atoms with Gasteiger partial charge in [-0.3, -0.25) is 4.79 Å². The first-order valence-electron chi connectivity index (χ1n) is 6.06. The van der Waals surface area contributed by atoms with Crippen LogP contribution in [0.1, 0.15) is 33.6 Å². The van der Waals surface area contributed by atoms with Gasteiger partial charge in [-0.2, -0.15) is 0 Å². The summed E-state index contributed by atoms with van der Waals surface area (Å²) in [5, 5.41) is 14.8. The summed E-state index contributed by atoms with van der Waals surface area (Å²) in [5.74, 6) is -0.133. The summed E-state index contributed by atoms with van der Waals surface area (Å²) >= 11 is 4.79. The maximum absolute atomic E-state index is 12.2. The summed E-state index contributed by atoms with van der Waals surface area (Å²) in [6.45, 7) is 6.05. The Bertz CT molecular complexity index is 413. The zero-order valence-electron chi connectivity index (χ0n) is 11.3. The molecule has 4 unspecified atom stereocenters. The molecule has 2 aliphatic rings. The van der Waals surface area contributed by atoms with Gasteiger partial charge in [0.2, 0.25) is 5.91 Å². The zero-order chi connectivity index (χ0) is 12.8. The Balaban J connectivity index is 0.00000162. The van der Waals surface area contributed by atoms with Crippen LogP contribution in [0.2, 0.25) is 0 Å². The molecule has 1 saturated carbocycles. The minimum Gasteiger partial charge on any atom is -0.861 e. The molecular formula is C12H17N2NaO2S. The van der Waals surface area contributed by atoms with Gasteiger partial charge in [-0.1, -0.05) is 27.2 Å². The van der Waals surface area contributed by atoms with Crippen molar-refractivity contribution in [2.24, 2.45) is 28.2 Å². The van der Waals surface area contributed by atoms with Crippen molar-refractivity contribution < 1.29 is 39.5 Å². The fourth-order valence-electron chi connectivity index (χ4n) is 3.53. The predicted molar refractivity (Wildman–Crippen MR) is 67.3 cm³/mol. The molecule has 0 aromatic heterocycles. The number of rotatable bonds is 1. The Labute approximate surface area is 135 Å². The van der Waals surface area contributed by atoms with Gasteiger partial charge in [0.05, 0.1) is 5.41 Å². The summed E-state index contributed by atoms with van der Waals surface area (Å²) in [7, 11) is 0. The van der Waals surface area contributed by atoms with Crippen molar-refractivity contribution in [2.45, 2.75) is 33.6 Å². The number of hydrogen-bond acceptors (Lipinski definition) is 3. The van der Waals surface area contributed by atoms with Crippen molar-refractivity contribution in [3.8, 4) is 0 Å². The van der Waals surface area contributed by atoms with Crippen LogP contribution >= 0.6 is 12.2 Å². The zero-order valence-corrected chi connectivity index (χ0v) is 14.1. The molecule has 1 N–H and O–H groups in total. The normalized spacial score (nSPS) is 39.3. The third-order valence-electron chi connectivity index (χ3n) is 4.54. The third-order valence-corrected chi connectivity index (χ3v) is 4.73. The van der Waals surface area contributed by atoms with Crippen molar-refractivity contribution in [3.05, 3.63) is 0 Å². The predicted octanol–water partition coefficient (Wildman–Crippen LogP) is -2.15. The van der Waals surface area contributed by atoms with E-state index < -0.39 is 5.41 Å². The van der Waals surface area contributed by atoms with Gasteiger partial charge in [0.15, 0.2) is 5.11 Å². The van der Waals surface area contributed by atoms with Gasteiger partial charge in [-0.25, -0.2) is 4.99 Å². The van der Waals surface area contributed by atoms with E-state index in [9.17, 15) is 9.90 Å². The number of aliphatic imine (C=N–C) groups is 1. The first-order chi connectivity index (χ1) is 7.94. The van der Waals surface area contributed by atoms with Gasteiger partial charge in [-0.05, 0) is 42.3 Å². The van der Waals surface area contributed by atoms with Gasteiger partial charge >= 0.3 is 29.6 Å². The molecule has 1 heterocycles. The van der Waals surface area contributed by atoms with Gasteiger partial charge in [-0.15, -0.1) is 0 Å². The second-order valence-electron chi connectivity index (χ2n) is 5.14. The summed E-state index contributed by atoms with van der Waals surface area (Å²) in [6.07, 6.45) is 1.89. The van der Waals surface area contributed by atoms with E-state index in [1.165, 1.54) is 0 Å². The fourth-order valence-corrected chi connectivity index (χ4v) is 3.71. The minimum atomic E-state index is -0.983. The van der Waals surface area contributed by atoms with Crippen LogP contribution in [0.5, 0.6) is 0 Å². The van der Waals surface area contributed by atoms with Crippen molar-refractivity contribution >= 4 is 29.1 Å². The monoisotopic (exact) mass is 276 g/mol. The molecule has 2 rings (SSSR count). The van der Waals surface area contributed by atoms with E-state index >= 15 is 0 Å². The quantitative estimate of drug-likeness (QED) is 0.439. The number of carbonyl (C=O) groups excluding carboxylic acids is 1. The number of carbonyl (C=O) groups is 1. The SMILES string of the molecule is CCC1CC(C)C2(C(=O)NC(=S)N=C2[O-])C1C.[Na+]. The molecular weight excluding hydrogens is 259 g/mol. The summed E-state index contributed by atoms with van der Waals surface area (Å²) in [6, 6.07) is 0. The first kappa shape index (κ1) is 16.1. The van der Waals surface area contributed by atoms with Crippen LogP contribution in [-0.4, -0.2) is 16.9 Å². The number of thiocarbonyl (C=S) groups is 1. The van der Waals surface area contributed by atoms with Gasteiger partial charge < -0.3 is 10.4 Å². The first-order valence-corrected chi connectivity index (χ1v) is 6.47. The molecule has 6 heteroatoms. The Hall–Kier alpha value is 0.0300. The van der Waals surface area contributed by atoms with Gasteiger partial charge in [0.25, 0.3) is 0 Å². The average molecular weight is 276 g/mol. The van der Waals surface area contributed by atoms with Crippen LogP contribution in [0.4, 0.5) is 0 Å². The standard InChI is InChI=1S/C12H18N2O2S.Na/c1-4-8-5-6(2)12(7(8)3)9(15)13-11(17)14-10(12)16;/h6-8H,4-5H2,1-3H3,(H2,13,14,15,16,17);/q;+1/p-1. The number of amides is 1. The number of nitrogens with one attached hydrogen (secondary N) is 1. The molecule has 0 saturated heterocycles. The maximum atomic E-state index is 12.2. The Morgan fingerprint density at radius 3 is 2.61 bits per heavy atom. The van der Waals surface area contributed by atoms with E-state index in [1.54, 1.807) is 0 Å². The molecule has 0 radical (unpaired) electrons. The molecule has 1 fully saturated rings. The summed E-state index contributed by atoms with van der Waals surface area (Å²) in [5.41, 5.74) is -0.983. The van der Waals surface area contributed by atoms with Crippen molar-refractivity contribution in [1.29, 1.82) is 0 Å². The van der Waals surface area contributed by atoms with E-state index in [4.69, 9.17) is 12.2 Å². The van der Waals surface area contributed by atoms with Crippen LogP contribution in [0.3, 0.4) is 0 Å². The van der Waals surface area contributed by atoms with Crippen LogP contribution < -0.4 is 40.0 Å². The molecule has 4 atom stereocenters. The Kier molecular flexibility index (Phi) is 4.98. The molecule has 1 amide bonds. The third kappa shape index (κ3) is 2.05. The molecule has 0 aromatic carbocycles. The minimum absolute atomic E-state index is 0. The number of nitrogens with zero attached hydrogens (tertiary/aromatic N) is 1. The molecule has 4 nitrogen and oxygen atoms in total. The second kappa shape index (κ2) is 5.57. The number of hydrogen-bond donors (Lipinski definition) is 1. The van der Waals surface area contributed by atoms with E-state index in [-0.39, 0.29) is 58.3 Å². The molecule has 0 aromatic rings. The molecule has 18 heavy (non-hydrogen) atoms. The van der Waals surface area contributed by atoms with Gasteiger partial charge in [0.1, 0.15) is 0 Å². The van der Waals surface area contributed by atoms with E-state index in [0.717, 1.165) is 12.8 Å².